The molecule has 0 amide bonds. The first-order valence-electron chi connectivity index (χ1n) is 9.56. The van der Waals surface area contributed by atoms with Gasteiger partial charge in [-0.25, -0.2) is 9.97 Å². The van der Waals surface area contributed by atoms with E-state index >= 15 is 0 Å². The zero-order valence-electron chi connectivity index (χ0n) is 16.9. The van der Waals surface area contributed by atoms with Gasteiger partial charge in [0.25, 0.3) is 5.88 Å². The van der Waals surface area contributed by atoms with Crippen LogP contribution >= 0.6 is 0 Å². The summed E-state index contributed by atoms with van der Waals surface area (Å²) in [5, 5.41) is 21.5. The standard InChI is InChI=1S/C16H15N7O3.CH4O/c1-9-12(24)6-13(25-9)22-8-19-14-15(22)17-7-18-16(14)26-23-11-5-3-2-4-10(11)20-21-23;1-2/h2-5,7-9,12-13,24H,6H2,1H3;2H,1H3/t9-,12?,13-;/m1./s1/i1D;2T. The average molecular weight is 388 g/mol. The minimum atomic E-state index is -0.691. The van der Waals surface area contributed by atoms with Crippen molar-refractivity contribution in [1.82, 2.24) is 34.7 Å². The number of para-hydroxylation sites is 1. The molecule has 1 aromatic carbocycles. The van der Waals surface area contributed by atoms with Crippen molar-refractivity contribution >= 4 is 22.2 Å². The molecule has 1 aliphatic rings. The highest BCUT2D eigenvalue weighted by Crippen LogP contribution is 2.31. The molecular formula is C17H19N7O4. The third-order valence-electron chi connectivity index (χ3n) is 4.33. The van der Waals surface area contributed by atoms with Gasteiger partial charge in [-0.05, 0) is 24.2 Å². The van der Waals surface area contributed by atoms with Crippen molar-refractivity contribution in [2.75, 3.05) is 7.11 Å². The van der Waals surface area contributed by atoms with Gasteiger partial charge in [0.15, 0.2) is 11.2 Å². The summed E-state index contributed by atoms with van der Waals surface area (Å²) in [6.45, 7) is -0.00693. The second kappa shape index (κ2) is 7.46. The Morgan fingerprint density at radius 2 is 2.21 bits per heavy atom. The van der Waals surface area contributed by atoms with Gasteiger partial charge in [0, 0.05) is 14.9 Å². The van der Waals surface area contributed by atoms with Crippen molar-refractivity contribution in [2.45, 2.75) is 31.8 Å². The first-order chi connectivity index (χ1) is 14.7. The van der Waals surface area contributed by atoms with E-state index in [1.165, 1.54) is 18.3 Å². The van der Waals surface area contributed by atoms with Crippen molar-refractivity contribution in [1.29, 1.82) is 1.43 Å². The molecule has 2 N–H and O–H groups in total. The van der Waals surface area contributed by atoms with E-state index in [2.05, 4.69) is 30.4 Å². The van der Waals surface area contributed by atoms with Crippen molar-refractivity contribution in [2.24, 2.45) is 0 Å². The summed E-state index contributed by atoms with van der Waals surface area (Å²) >= 11 is 0. The number of rotatable bonds is 3. The number of imidazole rings is 1. The van der Waals surface area contributed by atoms with E-state index in [1.807, 2.05) is 24.3 Å². The van der Waals surface area contributed by atoms with Gasteiger partial charge in [-0.2, -0.15) is 4.98 Å². The lowest BCUT2D eigenvalue weighted by molar-refractivity contribution is -0.00633. The van der Waals surface area contributed by atoms with Crippen LogP contribution in [0.25, 0.3) is 22.2 Å². The molecule has 146 valence electrons. The molecule has 3 atom stereocenters. The summed E-state index contributed by atoms with van der Waals surface area (Å²) < 4.78 is 20.6. The van der Waals surface area contributed by atoms with Crippen LogP contribution in [0.5, 0.6) is 5.88 Å². The van der Waals surface area contributed by atoms with Gasteiger partial charge in [0.05, 0.1) is 18.5 Å². The van der Waals surface area contributed by atoms with Gasteiger partial charge in [-0.3, -0.25) is 4.57 Å². The summed E-state index contributed by atoms with van der Waals surface area (Å²) in [7, 11) is 1.29. The number of hydrogen-bond acceptors (Lipinski definition) is 9. The molecule has 1 aliphatic heterocycles. The molecule has 0 bridgehead atoms. The minimum Gasteiger partial charge on any atom is -0.400 e. The second-order valence-corrected chi connectivity index (χ2v) is 5.98. The van der Waals surface area contributed by atoms with Crippen LogP contribution in [0.4, 0.5) is 0 Å². The van der Waals surface area contributed by atoms with Crippen LogP contribution in [0, 0.1) is 0 Å². The summed E-state index contributed by atoms with van der Waals surface area (Å²) in [6.07, 6.45) is 1.63. The molecule has 28 heavy (non-hydrogen) atoms. The van der Waals surface area contributed by atoms with E-state index in [4.69, 9.17) is 12.4 Å². The predicted molar refractivity (Wildman–Crippen MR) is 97.2 cm³/mol. The zero-order valence-corrected chi connectivity index (χ0v) is 14.9. The molecule has 0 aliphatic carbocycles. The fourth-order valence-corrected chi connectivity index (χ4v) is 2.99. The Morgan fingerprint density at radius 1 is 1.36 bits per heavy atom. The zero-order chi connectivity index (χ0) is 21.1. The lowest BCUT2D eigenvalue weighted by Crippen LogP contribution is -2.15. The van der Waals surface area contributed by atoms with Crippen molar-refractivity contribution < 1.29 is 21.2 Å². The minimum absolute atomic E-state index is 0.00693. The van der Waals surface area contributed by atoms with E-state index in [0.29, 0.717) is 28.6 Å². The van der Waals surface area contributed by atoms with Gasteiger partial charge in [0.2, 0.25) is 1.43 Å². The number of fused-ring (bicyclic) bond motifs is 2. The van der Waals surface area contributed by atoms with Gasteiger partial charge >= 0.3 is 0 Å². The van der Waals surface area contributed by atoms with Crippen LogP contribution in [-0.2, 0) is 4.74 Å². The Hall–Kier alpha value is -3.15. The van der Waals surface area contributed by atoms with E-state index in [-0.39, 0.29) is 12.8 Å². The number of aliphatic hydroxyl groups excluding tert-OH is 2. The molecule has 1 saturated heterocycles. The summed E-state index contributed by atoms with van der Waals surface area (Å²) in [6, 6.07) is 7.40. The predicted octanol–water partition coefficient (Wildman–Crippen LogP) is 0.690. The van der Waals surface area contributed by atoms with Crippen LogP contribution in [0.2, 0.25) is 0 Å². The molecule has 3 aromatic heterocycles. The molecule has 11 heteroatoms. The lowest BCUT2D eigenvalue weighted by atomic mass is 10.2. The number of hydrogen-bond donors (Lipinski definition) is 2. The highest BCUT2D eigenvalue weighted by Gasteiger charge is 2.33. The maximum atomic E-state index is 10.0. The number of aliphatic hydroxyl groups is 2. The molecule has 0 radical (unpaired) electrons. The smallest absolute Gasteiger partial charge is 0.280 e. The van der Waals surface area contributed by atoms with Crippen LogP contribution < -0.4 is 4.84 Å². The van der Waals surface area contributed by atoms with E-state index in [0.717, 1.165) is 0 Å². The Labute approximate surface area is 162 Å². The maximum absolute atomic E-state index is 10.0. The van der Waals surface area contributed by atoms with Crippen molar-refractivity contribution in [3.05, 3.63) is 36.9 Å². The first kappa shape index (κ1) is 15.9. The number of aromatic nitrogens is 7. The van der Waals surface area contributed by atoms with Crippen LogP contribution in [0.15, 0.2) is 36.9 Å². The fraction of sp³-hybridized carbons (Fsp3) is 0.353. The molecule has 1 fully saturated rings. The second-order valence-electron chi connectivity index (χ2n) is 5.98. The van der Waals surface area contributed by atoms with Crippen LogP contribution in [0.1, 0.15) is 20.9 Å². The third kappa shape index (κ3) is 3.05. The Bertz CT molecular complexity index is 1140. The van der Waals surface area contributed by atoms with Gasteiger partial charge in [0.1, 0.15) is 23.6 Å². The Balaban J connectivity index is 0.000000687. The van der Waals surface area contributed by atoms with Crippen LogP contribution in [0.3, 0.4) is 0 Å². The summed E-state index contributed by atoms with van der Waals surface area (Å²) in [4.78, 5) is 19.8. The molecule has 4 heterocycles. The number of benzene rings is 1. The molecule has 0 spiro atoms. The van der Waals surface area contributed by atoms with Gasteiger partial charge < -0.3 is 19.8 Å². The van der Waals surface area contributed by atoms with E-state index in [1.54, 1.807) is 10.9 Å². The largest absolute Gasteiger partial charge is 0.400 e. The highest BCUT2D eigenvalue weighted by molar-refractivity contribution is 5.77. The maximum Gasteiger partial charge on any atom is 0.280 e. The van der Waals surface area contributed by atoms with Gasteiger partial charge in [-0.1, -0.05) is 17.0 Å². The fourth-order valence-electron chi connectivity index (χ4n) is 2.99. The van der Waals surface area contributed by atoms with Crippen molar-refractivity contribution in [3.8, 4) is 5.88 Å². The Morgan fingerprint density at radius 3 is 3.04 bits per heavy atom. The van der Waals surface area contributed by atoms with E-state index < -0.39 is 18.4 Å². The molecule has 1 unspecified atom stereocenters. The summed E-state index contributed by atoms with van der Waals surface area (Å²) in [5.41, 5.74) is 2.34. The SMILES string of the molecule is [2H]C[C@H]1O[C@@H](n2cnc3c(On4nnc5ccccc54)ncnc32)CC1O.[3H]OC. The first-order valence-corrected chi connectivity index (χ1v) is 8.44. The Kier molecular flexibility index (Phi) is 4.23. The third-order valence-corrected chi connectivity index (χ3v) is 4.33. The number of ether oxygens (including phenoxy) is 1. The molecule has 0 saturated carbocycles. The quantitative estimate of drug-likeness (QED) is 0.520. The van der Waals surface area contributed by atoms with Crippen molar-refractivity contribution in [3.63, 3.8) is 0 Å². The molecule has 4 aromatic rings. The van der Waals surface area contributed by atoms with Gasteiger partial charge in [-0.15, -0.1) is 5.10 Å². The molecular weight excluding hydrogens is 366 g/mol. The van der Waals surface area contributed by atoms with Crippen LogP contribution in [-0.4, -0.2) is 65.6 Å². The molecule has 5 rings (SSSR count). The lowest BCUT2D eigenvalue weighted by Gasteiger charge is -2.12. The molecule has 11 nitrogen and oxygen atoms in total. The highest BCUT2D eigenvalue weighted by atomic mass is 16.7. The topological polar surface area (TPSA) is 133 Å². The van der Waals surface area contributed by atoms with E-state index in [9.17, 15) is 5.11 Å². The normalized spacial score (nSPS) is 22.6. The number of nitrogens with zero attached hydrogens (tertiary/aromatic N) is 7. The average Bonchev–Trinajstić information content (AvgIpc) is 3.46. The summed E-state index contributed by atoms with van der Waals surface area (Å²) in [5.74, 6) is 0.227. The monoisotopic (exact) mass is 388 g/mol.